The first-order valence-corrected chi connectivity index (χ1v) is 8.08. The molecule has 1 atom stereocenters. The van der Waals surface area contributed by atoms with Crippen molar-refractivity contribution in [3.63, 3.8) is 0 Å². The minimum absolute atomic E-state index is 0.0902. The Bertz CT molecular complexity index is 572. The molecule has 0 radical (unpaired) electrons. The van der Waals surface area contributed by atoms with Gasteiger partial charge in [0.2, 0.25) is 15.9 Å². The van der Waals surface area contributed by atoms with Crippen LogP contribution in [0, 0.1) is 5.92 Å². The lowest BCUT2D eigenvalue weighted by Gasteiger charge is -2.12. The van der Waals surface area contributed by atoms with Crippen molar-refractivity contribution in [1.82, 2.24) is 0 Å². The highest BCUT2D eigenvalue weighted by atomic mass is 35.5. The number of anilines is 2. The van der Waals surface area contributed by atoms with Gasteiger partial charge in [0.1, 0.15) is 0 Å². The van der Waals surface area contributed by atoms with Gasteiger partial charge in [-0.1, -0.05) is 25.4 Å². The lowest BCUT2D eigenvalue weighted by Crippen LogP contribution is -2.19. The molecule has 0 heterocycles. The van der Waals surface area contributed by atoms with Crippen LogP contribution in [0.4, 0.5) is 11.4 Å². The van der Waals surface area contributed by atoms with Crippen LogP contribution in [0.3, 0.4) is 0 Å². The zero-order valence-electron chi connectivity index (χ0n) is 11.0. The lowest BCUT2D eigenvalue weighted by molar-refractivity contribution is -0.119. The van der Waals surface area contributed by atoms with Crippen LogP contribution < -0.4 is 10.0 Å². The van der Waals surface area contributed by atoms with Gasteiger partial charge in [0.05, 0.1) is 17.0 Å². The van der Waals surface area contributed by atoms with Gasteiger partial charge in [-0.3, -0.25) is 9.52 Å². The van der Waals surface area contributed by atoms with Crippen LogP contribution in [-0.2, 0) is 14.8 Å². The molecule has 0 spiro atoms. The highest BCUT2D eigenvalue weighted by Gasteiger charge is 2.12. The second kappa shape index (κ2) is 6.25. The fraction of sp³-hybridized carbons (Fsp3) is 0.417. The summed E-state index contributed by atoms with van der Waals surface area (Å²) in [5.41, 5.74) is 0.819. The van der Waals surface area contributed by atoms with Crippen molar-refractivity contribution in [3.8, 4) is 0 Å². The van der Waals surface area contributed by atoms with Gasteiger partial charge in [0.25, 0.3) is 0 Å². The molecule has 106 valence electrons. The molecule has 0 aliphatic carbocycles. The highest BCUT2D eigenvalue weighted by Crippen LogP contribution is 2.26. The van der Waals surface area contributed by atoms with Gasteiger partial charge in [-0.2, -0.15) is 0 Å². The van der Waals surface area contributed by atoms with Crippen LogP contribution in [0.15, 0.2) is 18.2 Å². The van der Waals surface area contributed by atoms with Crippen molar-refractivity contribution in [2.75, 3.05) is 16.3 Å². The van der Waals surface area contributed by atoms with Gasteiger partial charge in [-0.05, 0) is 24.6 Å². The van der Waals surface area contributed by atoms with Gasteiger partial charge in [0, 0.05) is 11.6 Å². The molecule has 1 aromatic rings. The summed E-state index contributed by atoms with van der Waals surface area (Å²) in [5.74, 6) is -0.185. The van der Waals surface area contributed by atoms with E-state index in [0.717, 1.165) is 12.7 Å². The van der Waals surface area contributed by atoms with Gasteiger partial charge in [-0.25, -0.2) is 8.42 Å². The molecule has 0 fully saturated rings. The molecule has 2 N–H and O–H groups in total. The number of rotatable bonds is 5. The SMILES string of the molecule is CCC(C)C(=O)Nc1ccc(NS(C)(=O)=O)c(Cl)c1. The molecule has 1 rings (SSSR count). The molecular weight excluding hydrogens is 288 g/mol. The van der Waals surface area contributed by atoms with Crippen LogP contribution >= 0.6 is 11.6 Å². The third-order valence-electron chi connectivity index (χ3n) is 2.59. The lowest BCUT2D eigenvalue weighted by atomic mass is 10.1. The normalized spacial score (nSPS) is 12.8. The zero-order valence-corrected chi connectivity index (χ0v) is 12.6. The number of carbonyl (C=O) groups is 1. The van der Waals surface area contributed by atoms with E-state index in [4.69, 9.17) is 11.6 Å². The average molecular weight is 305 g/mol. The molecule has 0 aliphatic rings. The molecule has 19 heavy (non-hydrogen) atoms. The third kappa shape index (κ3) is 5.08. The van der Waals surface area contributed by atoms with Gasteiger partial charge in [0.15, 0.2) is 0 Å². The van der Waals surface area contributed by atoms with Crippen LogP contribution in [0.1, 0.15) is 20.3 Å². The predicted molar refractivity (Wildman–Crippen MR) is 78.0 cm³/mol. The fourth-order valence-electron chi connectivity index (χ4n) is 1.33. The second-order valence-electron chi connectivity index (χ2n) is 4.37. The maximum atomic E-state index is 11.7. The maximum Gasteiger partial charge on any atom is 0.229 e. The summed E-state index contributed by atoms with van der Waals surface area (Å²) in [7, 11) is -3.37. The fourth-order valence-corrected chi connectivity index (χ4v) is 2.19. The number of hydrogen-bond donors (Lipinski definition) is 2. The number of carbonyl (C=O) groups excluding carboxylic acids is 1. The Hall–Kier alpha value is -1.27. The van der Waals surface area contributed by atoms with Crippen molar-refractivity contribution in [2.24, 2.45) is 5.92 Å². The van der Waals surface area contributed by atoms with E-state index in [1.165, 1.54) is 12.1 Å². The van der Waals surface area contributed by atoms with Crippen LogP contribution in [-0.4, -0.2) is 20.6 Å². The summed E-state index contributed by atoms with van der Waals surface area (Å²) in [6.07, 6.45) is 1.79. The smallest absolute Gasteiger partial charge is 0.229 e. The van der Waals surface area contributed by atoms with Crippen molar-refractivity contribution in [2.45, 2.75) is 20.3 Å². The molecule has 0 aromatic heterocycles. The van der Waals surface area contributed by atoms with E-state index in [-0.39, 0.29) is 22.5 Å². The standard InChI is InChI=1S/C12H17ClN2O3S/c1-4-8(2)12(16)14-9-5-6-11(10(13)7-9)15-19(3,17)18/h5-8,15H,4H2,1-3H3,(H,14,16). The number of nitrogens with one attached hydrogen (secondary N) is 2. The molecule has 5 nitrogen and oxygen atoms in total. The number of halogens is 1. The first kappa shape index (κ1) is 15.8. The average Bonchev–Trinajstić information content (AvgIpc) is 2.30. The quantitative estimate of drug-likeness (QED) is 0.878. The number of sulfonamides is 1. The Morgan fingerprint density at radius 1 is 1.42 bits per heavy atom. The number of benzene rings is 1. The summed E-state index contributed by atoms with van der Waals surface area (Å²) < 4.78 is 24.5. The van der Waals surface area contributed by atoms with Crippen LogP contribution in [0.2, 0.25) is 5.02 Å². The molecule has 1 aromatic carbocycles. The Morgan fingerprint density at radius 3 is 2.53 bits per heavy atom. The monoisotopic (exact) mass is 304 g/mol. The summed E-state index contributed by atoms with van der Waals surface area (Å²) in [5, 5.41) is 2.95. The summed E-state index contributed by atoms with van der Waals surface area (Å²) in [4.78, 5) is 11.7. The number of hydrogen-bond acceptors (Lipinski definition) is 3. The van der Waals surface area contributed by atoms with Gasteiger partial charge in [-0.15, -0.1) is 0 Å². The minimum Gasteiger partial charge on any atom is -0.326 e. The molecular formula is C12H17ClN2O3S. The second-order valence-corrected chi connectivity index (χ2v) is 6.52. The van der Waals surface area contributed by atoms with Crippen molar-refractivity contribution >= 4 is 38.9 Å². The molecule has 0 saturated heterocycles. The highest BCUT2D eigenvalue weighted by molar-refractivity contribution is 7.92. The Labute approximate surface area is 118 Å². The van der Waals surface area contributed by atoms with E-state index in [2.05, 4.69) is 10.0 Å². The topological polar surface area (TPSA) is 75.3 Å². The Kier molecular flexibility index (Phi) is 5.20. The van der Waals surface area contributed by atoms with Crippen molar-refractivity contribution < 1.29 is 13.2 Å². The number of amides is 1. The first-order chi connectivity index (χ1) is 8.73. The maximum absolute atomic E-state index is 11.7. The summed E-state index contributed by atoms with van der Waals surface area (Å²) in [6, 6.07) is 4.62. The van der Waals surface area contributed by atoms with Crippen LogP contribution in [0.5, 0.6) is 0 Å². The van der Waals surface area contributed by atoms with E-state index < -0.39 is 10.0 Å². The molecule has 0 saturated carbocycles. The van der Waals surface area contributed by atoms with Crippen LogP contribution in [0.25, 0.3) is 0 Å². The van der Waals surface area contributed by atoms with E-state index in [9.17, 15) is 13.2 Å². The molecule has 0 bridgehead atoms. The van der Waals surface area contributed by atoms with Crippen molar-refractivity contribution in [3.05, 3.63) is 23.2 Å². The Morgan fingerprint density at radius 2 is 2.05 bits per heavy atom. The molecule has 1 amide bonds. The van der Waals surface area contributed by atoms with Crippen molar-refractivity contribution in [1.29, 1.82) is 0 Å². The molecule has 0 aliphatic heterocycles. The molecule has 7 heteroatoms. The van der Waals surface area contributed by atoms with E-state index in [1.54, 1.807) is 6.07 Å². The zero-order chi connectivity index (χ0) is 14.6. The third-order valence-corrected chi connectivity index (χ3v) is 3.50. The first-order valence-electron chi connectivity index (χ1n) is 5.81. The predicted octanol–water partition coefficient (Wildman–Crippen LogP) is 2.70. The Balaban J connectivity index is 2.86. The largest absolute Gasteiger partial charge is 0.326 e. The minimum atomic E-state index is -3.37. The van der Waals surface area contributed by atoms with Gasteiger partial charge >= 0.3 is 0 Å². The van der Waals surface area contributed by atoms with E-state index in [1.807, 2.05) is 13.8 Å². The summed E-state index contributed by atoms with van der Waals surface area (Å²) >= 11 is 5.95. The van der Waals surface area contributed by atoms with Gasteiger partial charge < -0.3 is 5.32 Å². The summed E-state index contributed by atoms with van der Waals surface area (Å²) in [6.45, 7) is 3.76. The van der Waals surface area contributed by atoms with E-state index >= 15 is 0 Å². The molecule has 1 unspecified atom stereocenters. The van der Waals surface area contributed by atoms with E-state index in [0.29, 0.717) is 5.69 Å².